The van der Waals surface area contributed by atoms with Gasteiger partial charge in [-0.1, -0.05) is 55.6 Å². The van der Waals surface area contributed by atoms with Crippen LogP contribution in [0.3, 0.4) is 0 Å². The summed E-state index contributed by atoms with van der Waals surface area (Å²) in [6.45, 7) is 1.87. The van der Waals surface area contributed by atoms with E-state index in [9.17, 15) is 4.79 Å². The minimum atomic E-state index is -0.247. The van der Waals surface area contributed by atoms with E-state index in [0.29, 0.717) is 5.16 Å². The minimum absolute atomic E-state index is 0.0384. The molecule has 3 rings (SSSR count). The summed E-state index contributed by atoms with van der Waals surface area (Å²) in [6, 6.07) is 9.49. The Kier molecular flexibility index (Phi) is 5.91. The molecule has 1 aromatic heterocycles. The normalized spacial score (nSPS) is 16.2. The maximum Gasteiger partial charge on any atom is 0.237 e. The van der Waals surface area contributed by atoms with Crippen molar-refractivity contribution in [3.8, 4) is 0 Å². The van der Waals surface area contributed by atoms with Crippen molar-refractivity contribution in [2.75, 3.05) is 5.32 Å². The lowest BCUT2D eigenvalue weighted by Gasteiger charge is -2.09. The van der Waals surface area contributed by atoms with Gasteiger partial charge in [0.05, 0.1) is 5.25 Å². The maximum absolute atomic E-state index is 12.2. The molecular formula is C18H24N4OS. The fourth-order valence-electron chi connectivity index (χ4n) is 3.06. The first-order chi connectivity index (χ1) is 11.7. The van der Waals surface area contributed by atoms with Gasteiger partial charge in [0, 0.05) is 12.1 Å². The van der Waals surface area contributed by atoms with E-state index in [1.54, 1.807) is 0 Å². The van der Waals surface area contributed by atoms with Crippen LogP contribution in [0.5, 0.6) is 0 Å². The van der Waals surface area contributed by atoms with E-state index in [1.807, 2.05) is 37.3 Å². The molecule has 0 spiro atoms. The Balaban J connectivity index is 1.47. The number of nitrogens with one attached hydrogen (secondary N) is 2. The van der Waals surface area contributed by atoms with Gasteiger partial charge in [-0.2, -0.15) is 0 Å². The Morgan fingerprint density at radius 2 is 2.08 bits per heavy atom. The van der Waals surface area contributed by atoms with Gasteiger partial charge < -0.3 is 5.32 Å². The summed E-state index contributed by atoms with van der Waals surface area (Å²) in [5.74, 6) is 1.74. The predicted octanol–water partition coefficient (Wildman–Crippen LogP) is 4.05. The molecule has 1 heterocycles. The van der Waals surface area contributed by atoms with Gasteiger partial charge in [0.15, 0.2) is 0 Å². The molecule has 1 aromatic carbocycles. The number of aromatic nitrogens is 3. The van der Waals surface area contributed by atoms with E-state index in [2.05, 4.69) is 20.5 Å². The van der Waals surface area contributed by atoms with Crippen LogP contribution in [0.2, 0.25) is 0 Å². The summed E-state index contributed by atoms with van der Waals surface area (Å²) in [6.07, 6.45) is 7.58. The Labute approximate surface area is 147 Å². The second-order valence-corrected chi connectivity index (χ2v) is 7.68. The highest BCUT2D eigenvalue weighted by atomic mass is 32.2. The van der Waals surface area contributed by atoms with Gasteiger partial charge in [-0.3, -0.25) is 9.89 Å². The number of nitrogens with zero attached hydrogens (tertiary/aromatic N) is 2. The summed E-state index contributed by atoms with van der Waals surface area (Å²) in [4.78, 5) is 16.7. The van der Waals surface area contributed by atoms with Crippen molar-refractivity contribution in [1.82, 2.24) is 15.2 Å². The van der Waals surface area contributed by atoms with Gasteiger partial charge in [0.25, 0.3) is 0 Å². The van der Waals surface area contributed by atoms with Crippen LogP contribution in [0.4, 0.5) is 5.69 Å². The summed E-state index contributed by atoms with van der Waals surface area (Å²) < 4.78 is 0. The van der Waals surface area contributed by atoms with Crippen LogP contribution in [-0.4, -0.2) is 26.3 Å². The maximum atomic E-state index is 12.2. The number of thioether (sulfide) groups is 1. The number of aromatic amines is 1. The van der Waals surface area contributed by atoms with E-state index in [1.165, 1.54) is 43.9 Å². The molecule has 1 unspecified atom stereocenters. The van der Waals surface area contributed by atoms with Crippen LogP contribution in [0.25, 0.3) is 0 Å². The van der Waals surface area contributed by atoms with Crippen LogP contribution in [0.15, 0.2) is 35.5 Å². The SMILES string of the molecule is CC(Sc1n[nH]c(CCC2CCCC2)n1)C(=O)Nc1ccccc1. The highest BCUT2D eigenvalue weighted by Crippen LogP contribution is 2.28. The van der Waals surface area contributed by atoms with Crippen molar-refractivity contribution >= 4 is 23.4 Å². The van der Waals surface area contributed by atoms with Gasteiger partial charge >= 0.3 is 0 Å². The smallest absolute Gasteiger partial charge is 0.237 e. The summed E-state index contributed by atoms with van der Waals surface area (Å²) in [5.41, 5.74) is 0.808. The van der Waals surface area contributed by atoms with Gasteiger partial charge in [0.1, 0.15) is 5.82 Å². The van der Waals surface area contributed by atoms with Crippen LogP contribution in [0.1, 0.15) is 44.9 Å². The molecule has 2 N–H and O–H groups in total. The van der Waals surface area contributed by atoms with Crippen molar-refractivity contribution in [1.29, 1.82) is 0 Å². The number of para-hydroxylation sites is 1. The zero-order chi connectivity index (χ0) is 16.8. The monoisotopic (exact) mass is 344 g/mol. The molecule has 1 saturated carbocycles. The van der Waals surface area contributed by atoms with Crippen LogP contribution >= 0.6 is 11.8 Å². The number of amides is 1. The molecule has 1 amide bonds. The third-order valence-electron chi connectivity index (χ3n) is 4.47. The second-order valence-electron chi connectivity index (χ2n) is 6.37. The highest BCUT2D eigenvalue weighted by molar-refractivity contribution is 8.00. The molecule has 2 aromatic rings. The van der Waals surface area contributed by atoms with E-state index >= 15 is 0 Å². The number of anilines is 1. The van der Waals surface area contributed by atoms with Gasteiger partial charge in [0.2, 0.25) is 11.1 Å². The quantitative estimate of drug-likeness (QED) is 0.744. The number of H-pyrrole nitrogens is 1. The first-order valence-corrected chi connectivity index (χ1v) is 9.52. The molecular weight excluding hydrogens is 320 g/mol. The average molecular weight is 344 g/mol. The molecule has 24 heavy (non-hydrogen) atoms. The molecule has 1 atom stereocenters. The van der Waals surface area contributed by atoms with Gasteiger partial charge in [-0.25, -0.2) is 4.98 Å². The number of benzene rings is 1. The molecule has 0 aliphatic heterocycles. The summed E-state index contributed by atoms with van der Waals surface area (Å²) in [7, 11) is 0. The molecule has 5 nitrogen and oxygen atoms in total. The molecule has 1 aliphatic carbocycles. The molecule has 1 fully saturated rings. The standard InChI is InChI=1S/C18H24N4OS/c1-13(17(23)19-15-9-3-2-4-10-15)24-18-20-16(21-22-18)12-11-14-7-5-6-8-14/h2-4,9-10,13-14H,5-8,11-12H2,1H3,(H,19,23)(H,20,21,22). The van der Waals surface area contributed by atoms with Gasteiger partial charge in [-0.05, 0) is 31.4 Å². The molecule has 128 valence electrons. The van der Waals surface area contributed by atoms with Crippen molar-refractivity contribution in [3.05, 3.63) is 36.2 Å². The lowest BCUT2D eigenvalue weighted by atomic mass is 10.0. The first kappa shape index (κ1) is 17.0. The van der Waals surface area contributed by atoms with Crippen LogP contribution in [0, 0.1) is 5.92 Å². The minimum Gasteiger partial charge on any atom is -0.325 e. The van der Waals surface area contributed by atoms with Crippen molar-refractivity contribution in [2.45, 2.75) is 55.9 Å². The molecule has 1 aliphatic rings. The lowest BCUT2D eigenvalue weighted by Crippen LogP contribution is -2.22. The topological polar surface area (TPSA) is 70.7 Å². The first-order valence-electron chi connectivity index (χ1n) is 8.64. The largest absolute Gasteiger partial charge is 0.325 e. The zero-order valence-electron chi connectivity index (χ0n) is 14.0. The second kappa shape index (κ2) is 8.33. The molecule has 6 heteroatoms. The number of rotatable bonds is 7. The zero-order valence-corrected chi connectivity index (χ0v) is 14.8. The van der Waals surface area contributed by atoms with E-state index in [4.69, 9.17) is 0 Å². The lowest BCUT2D eigenvalue weighted by molar-refractivity contribution is -0.115. The third kappa shape index (κ3) is 4.84. The number of carbonyl (C=O) groups is 1. The summed E-state index contributed by atoms with van der Waals surface area (Å²) in [5, 5.41) is 10.6. The summed E-state index contributed by atoms with van der Waals surface area (Å²) >= 11 is 1.38. The fourth-order valence-corrected chi connectivity index (χ4v) is 3.80. The van der Waals surface area contributed by atoms with Crippen molar-refractivity contribution in [2.24, 2.45) is 5.92 Å². The van der Waals surface area contributed by atoms with E-state index in [-0.39, 0.29) is 11.2 Å². The number of hydrogen-bond donors (Lipinski definition) is 2. The molecule has 0 bridgehead atoms. The van der Waals surface area contributed by atoms with Crippen LogP contribution < -0.4 is 5.32 Å². The fraction of sp³-hybridized carbons (Fsp3) is 0.500. The van der Waals surface area contributed by atoms with Crippen molar-refractivity contribution in [3.63, 3.8) is 0 Å². The highest BCUT2D eigenvalue weighted by Gasteiger charge is 2.18. The Morgan fingerprint density at radius 1 is 1.33 bits per heavy atom. The predicted molar refractivity (Wildman–Crippen MR) is 97.1 cm³/mol. The average Bonchev–Trinajstić information content (AvgIpc) is 3.25. The number of hydrogen-bond acceptors (Lipinski definition) is 4. The van der Waals surface area contributed by atoms with E-state index in [0.717, 1.165) is 23.9 Å². The Hall–Kier alpha value is -1.82. The Bertz CT molecular complexity index is 652. The number of carbonyl (C=O) groups excluding carboxylic acids is 1. The van der Waals surface area contributed by atoms with Crippen LogP contribution in [-0.2, 0) is 11.2 Å². The Morgan fingerprint density at radius 3 is 2.83 bits per heavy atom. The third-order valence-corrected chi connectivity index (χ3v) is 5.43. The molecule has 0 saturated heterocycles. The van der Waals surface area contributed by atoms with Crippen molar-refractivity contribution < 1.29 is 4.79 Å². The molecule has 0 radical (unpaired) electrons. The number of aryl methyl sites for hydroxylation is 1. The van der Waals surface area contributed by atoms with Gasteiger partial charge in [-0.15, -0.1) is 5.10 Å². The van der Waals surface area contributed by atoms with E-state index < -0.39 is 0 Å².